The first-order valence-electron chi connectivity index (χ1n) is 9.28. The second-order valence-electron chi connectivity index (χ2n) is 7.06. The zero-order valence-corrected chi connectivity index (χ0v) is 18.6. The fraction of sp³-hybridized carbons (Fsp3) is 0.250. The van der Waals surface area contributed by atoms with Crippen molar-refractivity contribution in [1.82, 2.24) is 10.1 Å². The molecule has 1 amide bonds. The summed E-state index contributed by atoms with van der Waals surface area (Å²) in [5.41, 5.74) is 1.75. The van der Waals surface area contributed by atoms with Crippen molar-refractivity contribution in [3.63, 3.8) is 0 Å². The van der Waals surface area contributed by atoms with Crippen molar-refractivity contribution in [3.8, 4) is 5.75 Å². The van der Waals surface area contributed by atoms with Crippen LogP contribution in [0.1, 0.15) is 17.3 Å². The molecule has 2 heterocycles. The van der Waals surface area contributed by atoms with E-state index in [1.165, 1.54) is 24.1 Å². The Bertz CT molecular complexity index is 1270. The maximum atomic E-state index is 13.3. The van der Waals surface area contributed by atoms with Gasteiger partial charge < -0.3 is 9.26 Å². The first-order valence-corrected chi connectivity index (χ1v) is 11.1. The fourth-order valence-corrected chi connectivity index (χ4v) is 4.93. The molecule has 31 heavy (non-hydrogen) atoms. The molecule has 0 saturated heterocycles. The molecule has 1 aromatic heterocycles. The molecule has 9 nitrogen and oxygen atoms in total. The summed E-state index contributed by atoms with van der Waals surface area (Å²) in [6.07, 6.45) is 0. The average Bonchev–Trinajstić information content (AvgIpc) is 3.14. The van der Waals surface area contributed by atoms with Crippen LogP contribution >= 0.6 is 11.6 Å². The van der Waals surface area contributed by atoms with Gasteiger partial charge in [0.25, 0.3) is 15.9 Å². The number of nitrogens with zero attached hydrogens (tertiary/aromatic N) is 4. The van der Waals surface area contributed by atoms with E-state index in [0.29, 0.717) is 23.1 Å². The van der Waals surface area contributed by atoms with E-state index in [2.05, 4.69) is 10.1 Å². The van der Waals surface area contributed by atoms with Crippen LogP contribution in [0.5, 0.6) is 5.75 Å². The Hall–Kier alpha value is -3.11. The number of carbonyl (C=O) groups excluding carboxylic acids is 1. The Morgan fingerprint density at radius 2 is 2.00 bits per heavy atom. The number of fused-ring (bicyclic) bond motifs is 1. The van der Waals surface area contributed by atoms with E-state index >= 15 is 0 Å². The predicted molar refractivity (Wildman–Crippen MR) is 114 cm³/mol. The lowest BCUT2D eigenvalue weighted by Crippen LogP contribution is -2.38. The second kappa shape index (κ2) is 7.86. The molecule has 0 saturated carbocycles. The zero-order chi connectivity index (χ0) is 22.3. The molecule has 1 aliphatic heterocycles. The highest BCUT2D eigenvalue weighted by Crippen LogP contribution is 2.40. The second-order valence-corrected chi connectivity index (χ2v) is 9.40. The van der Waals surface area contributed by atoms with Gasteiger partial charge in [-0.25, -0.2) is 8.42 Å². The molecule has 1 aliphatic rings. The van der Waals surface area contributed by atoms with Gasteiger partial charge in [-0.1, -0.05) is 28.9 Å². The number of benzene rings is 2. The van der Waals surface area contributed by atoms with Crippen LogP contribution < -0.4 is 13.9 Å². The van der Waals surface area contributed by atoms with E-state index in [1.54, 1.807) is 25.1 Å². The number of halogens is 1. The smallest absolute Gasteiger partial charge is 0.265 e. The van der Waals surface area contributed by atoms with E-state index in [4.69, 9.17) is 20.9 Å². The van der Waals surface area contributed by atoms with Gasteiger partial charge in [0.2, 0.25) is 5.89 Å². The van der Waals surface area contributed by atoms with E-state index in [9.17, 15) is 13.2 Å². The first kappa shape index (κ1) is 21.1. The number of aromatic nitrogens is 2. The Balaban J connectivity index is 1.73. The lowest BCUT2D eigenvalue weighted by Gasteiger charge is -2.29. The largest absolute Gasteiger partial charge is 0.482 e. The van der Waals surface area contributed by atoms with Crippen molar-refractivity contribution in [2.24, 2.45) is 0 Å². The molecule has 0 N–H and O–H groups in total. The molecule has 4 rings (SSSR count). The number of rotatable bonds is 5. The van der Waals surface area contributed by atoms with Crippen LogP contribution in [0.4, 0.5) is 11.4 Å². The standard InChI is InChI=1S/C20H19ClN4O5S/c1-12-5-4-6-14(7-12)24(3)31(27,28)18-9-17-16(8-15(18)21)25(20(26)11-29-17)10-19-22-13(2)30-23-19/h4-9H,10-11H2,1-3H3. The lowest BCUT2D eigenvalue weighted by atomic mass is 10.2. The summed E-state index contributed by atoms with van der Waals surface area (Å²) in [5.74, 6) is 0.569. The third kappa shape index (κ3) is 3.96. The number of ether oxygens (including phenoxy) is 1. The molecular formula is C20H19ClN4O5S. The molecule has 11 heteroatoms. The summed E-state index contributed by atoms with van der Waals surface area (Å²) in [5, 5.41) is 3.77. The van der Waals surface area contributed by atoms with E-state index in [1.807, 2.05) is 13.0 Å². The van der Waals surface area contributed by atoms with E-state index < -0.39 is 10.0 Å². The van der Waals surface area contributed by atoms with Gasteiger partial charge in [0.05, 0.1) is 22.9 Å². The summed E-state index contributed by atoms with van der Waals surface area (Å²) in [6, 6.07) is 9.84. The third-order valence-electron chi connectivity index (χ3n) is 4.83. The fourth-order valence-electron chi connectivity index (χ4n) is 3.23. The highest BCUT2D eigenvalue weighted by molar-refractivity contribution is 7.93. The molecule has 0 unspecified atom stereocenters. The number of aryl methyl sites for hydroxylation is 2. The number of hydrogen-bond acceptors (Lipinski definition) is 7. The number of anilines is 2. The Morgan fingerprint density at radius 3 is 2.68 bits per heavy atom. The van der Waals surface area contributed by atoms with Crippen LogP contribution in [0.3, 0.4) is 0 Å². The van der Waals surface area contributed by atoms with Crippen LogP contribution in [0.15, 0.2) is 45.8 Å². The molecule has 0 atom stereocenters. The van der Waals surface area contributed by atoms with Gasteiger partial charge in [0, 0.05) is 20.0 Å². The SMILES string of the molecule is Cc1cccc(N(C)S(=O)(=O)c2cc3c(cc2Cl)N(Cc2noc(C)n2)C(=O)CO3)c1. The van der Waals surface area contributed by atoms with Gasteiger partial charge in [-0.05, 0) is 30.7 Å². The van der Waals surface area contributed by atoms with Crippen molar-refractivity contribution < 1.29 is 22.5 Å². The molecule has 3 aromatic rings. The number of sulfonamides is 1. The Morgan fingerprint density at radius 1 is 1.23 bits per heavy atom. The molecule has 162 valence electrons. The van der Waals surface area contributed by atoms with Gasteiger partial charge in [-0.3, -0.25) is 14.0 Å². The topological polar surface area (TPSA) is 106 Å². The van der Waals surface area contributed by atoms with Crippen LogP contribution in [0.25, 0.3) is 0 Å². The third-order valence-corrected chi connectivity index (χ3v) is 7.08. The van der Waals surface area contributed by atoms with Crippen molar-refractivity contribution in [2.45, 2.75) is 25.3 Å². The zero-order valence-electron chi connectivity index (χ0n) is 17.0. The van der Waals surface area contributed by atoms with Crippen LogP contribution in [0, 0.1) is 13.8 Å². The van der Waals surface area contributed by atoms with Gasteiger partial charge >= 0.3 is 0 Å². The normalized spacial score (nSPS) is 13.7. The summed E-state index contributed by atoms with van der Waals surface area (Å²) in [4.78, 5) is 17.8. The molecular weight excluding hydrogens is 444 g/mol. The van der Waals surface area contributed by atoms with Gasteiger partial charge in [-0.15, -0.1) is 0 Å². The minimum Gasteiger partial charge on any atom is -0.482 e. The van der Waals surface area contributed by atoms with Crippen molar-refractivity contribution >= 4 is 38.9 Å². The van der Waals surface area contributed by atoms with Gasteiger partial charge in [0.1, 0.15) is 10.6 Å². The quantitative estimate of drug-likeness (QED) is 0.573. The highest BCUT2D eigenvalue weighted by atomic mass is 35.5. The minimum atomic E-state index is -3.98. The Labute approximate surface area is 184 Å². The molecule has 0 bridgehead atoms. The summed E-state index contributed by atoms with van der Waals surface area (Å²) >= 11 is 6.38. The molecule has 0 radical (unpaired) electrons. The molecule has 2 aromatic carbocycles. The maximum absolute atomic E-state index is 13.3. The maximum Gasteiger partial charge on any atom is 0.265 e. The summed E-state index contributed by atoms with van der Waals surface area (Å²) in [7, 11) is -2.53. The van der Waals surface area contributed by atoms with Crippen LogP contribution in [-0.4, -0.2) is 38.1 Å². The van der Waals surface area contributed by atoms with Crippen LogP contribution in [-0.2, 0) is 21.4 Å². The predicted octanol–water partition coefficient (Wildman–Crippen LogP) is 3.09. The molecule has 0 aliphatic carbocycles. The van der Waals surface area contributed by atoms with E-state index in [0.717, 1.165) is 9.87 Å². The van der Waals surface area contributed by atoms with Crippen molar-refractivity contribution in [2.75, 3.05) is 22.9 Å². The van der Waals surface area contributed by atoms with Crippen molar-refractivity contribution in [1.29, 1.82) is 0 Å². The van der Waals surface area contributed by atoms with Crippen LogP contribution in [0.2, 0.25) is 5.02 Å². The summed E-state index contributed by atoms with van der Waals surface area (Å²) < 4.78 is 38.1. The molecule has 0 fully saturated rings. The van der Waals surface area contributed by atoms with Crippen molar-refractivity contribution in [3.05, 3.63) is 58.7 Å². The number of amides is 1. The molecule has 0 spiro atoms. The minimum absolute atomic E-state index is 0.0363. The summed E-state index contributed by atoms with van der Waals surface area (Å²) in [6.45, 7) is 3.31. The Kier molecular flexibility index (Phi) is 5.36. The van der Waals surface area contributed by atoms with Gasteiger partial charge in [0.15, 0.2) is 12.4 Å². The number of hydrogen-bond donors (Lipinski definition) is 0. The average molecular weight is 463 g/mol. The van der Waals surface area contributed by atoms with E-state index in [-0.39, 0.29) is 34.7 Å². The first-order chi connectivity index (χ1) is 14.7. The van der Waals surface area contributed by atoms with Gasteiger partial charge in [-0.2, -0.15) is 4.98 Å². The lowest BCUT2D eigenvalue weighted by molar-refractivity contribution is -0.121. The monoisotopic (exact) mass is 462 g/mol. The highest BCUT2D eigenvalue weighted by Gasteiger charge is 2.32. The number of carbonyl (C=O) groups is 1.